The Bertz CT molecular complexity index is 989. The van der Waals surface area contributed by atoms with Gasteiger partial charge in [-0.25, -0.2) is 0 Å². The first-order valence-corrected chi connectivity index (χ1v) is 10.5. The van der Waals surface area contributed by atoms with E-state index in [0.29, 0.717) is 5.75 Å². The minimum Gasteiger partial charge on any atom is -0.490 e. The summed E-state index contributed by atoms with van der Waals surface area (Å²) in [5.74, 6) is 1.35. The van der Waals surface area contributed by atoms with E-state index in [1.165, 1.54) is 0 Å². The number of amides is 1. The number of anilines is 1. The summed E-state index contributed by atoms with van der Waals surface area (Å²) in [7, 11) is 2.14. The molecule has 0 unspecified atom stereocenters. The maximum Gasteiger partial charge on any atom is 0.265 e. The van der Waals surface area contributed by atoms with Crippen molar-refractivity contribution < 1.29 is 14.3 Å². The highest BCUT2D eigenvalue weighted by molar-refractivity contribution is 5.95. The zero-order chi connectivity index (χ0) is 20.9. The lowest BCUT2D eigenvalue weighted by molar-refractivity contribution is -0.122. The van der Waals surface area contributed by atoms with E-state index >= 15 is 0 Å². The van der Waals surface area contributed by atoms with Gasteiger partial charge in [0.15, 0.2) is 6.10 Å². The van der Waals surface area contributed by atoms with Crippen molar-refractivity contribution >= 4 is 22.4 Å². The van der Waals surface area contributed by atoms with Gasteiger partial charge in [0.1, 0.15) is 17.6 Å². The van der Waals surface area contributed by atoms with Crippen LogP contribution in [-0.4, -0.2) is 43.2 Å². The average Bonchev–Trinajstić information content (AvgIpc) is 2.77. The molecule has 3 aromatic rings. The lowest BCUT2D eigenvalue weighted by Gasteiger charge is -2.29. The van der Waals surface area contributed by atoms with Crippen LogP contribution in [0, 0.1) is 0 Å². The van der Waals surface area contributed by atoms with Gasteiger partial charge in [0.2, 0.25) is 0 Å². The summed E-state index contributed by atoms with van der Waals surface area (Å²) in [5, 5.41) is 5.00. The number of carbonyl (C=O) groups is 1. The fourth-order valence-electron chi connectivity index (χ4n) is 3.70. The van der Waals surface area contributed by atoms with E-state index in [1.807, 2.05) is 66.7 Å². The molecule has 0 aromatic heterocycles. The monoisotopic (exact) mass is 404 g/mol. The highest BCUT2D eigenvalue weighted by atomic mass is 16.5. The molecule has 1 amide bonds. The van der Waals surface area contributed by atoms with Gasteiger partial charge in [-0.05, 0) is 62.5 Å². The Labute approximate surface area is 177 Å². The van der Waals surface area contributed by atoms with Crippen molar-refractivity contribution in [2.75, 3.05) is 25.5 Å². The Kier molecular flexibility index (Phi) is 6.19. The molecule has 1 atom stereocenters. The van der Waals surface area contributed by atoms with Gasteiger partial charge in [-0.15, -0.1) is 0 Å². The lowest BCUT2D eigenvalue weighted by Crippen LogP contribution is -2.35. The molecule has 30 heavy (non-hydrogen) atoms. The Balaban J connectivity index is 1.34. The third kappa shape index (κ3) is 4.92. The molecule has 156 valence electrons. The van der Waals surface area contributed by atoms with Crippen molar-refractivity contribution in [3.63, 3.8) is 0 Å². The fourth-order valence-corrected chi connectivity index (χ4v) is 3.70. The zero-order valence-electron chi connectivity index (χ0n) is 17.5. The highest BCUT2D eigenvalue weighted by Crippen LogP contribution is 2.26. The number of hydrogen-bond donors (Lipinski definition) is 1. The molecule has 1 N–H and O–H groups in total. The molecular weight excluding hydrogens is 376 g/mol. The summed E-state index contributed by atoms with van der Waals surface area (Å²) in [6.45, 7) is 3.88. The molecule has 0 aliphatic carbocycles. The van der Waals surface area contributed by atoms with Crippen LogP contribution in [-0.2, 0) is 4.79 Å². The smallest absolute Gasteiger partial charge is 0.265 e. The first-order valence-electron chi connectivity index (χ1n) is 10.5. The SMILES string of the molecule is C[C@@H](Oc1cccc2ccccc12)C(=O)Nc1ccc(OC2CCN(C)CC2)cc1. The number of rotatable bonds is 6. The van der Waals surface area contributed by atoms with Gasteiger partial charge in [-0.2, -0.15) is 0 Å². The number of likely N-dealkylation sites (tertiary alicyclic amines) is 1. The lowest BCUT2D eigenvalue weighted by atomic mass is 10.1. The molecule has 1 aliphatic heterocycles. The summed E-state index contributed by atoms with van der Waals surface area (Å²) in [4.78, 5) is 14.9. The largest absolute Gasteiger partial charge is 0.490 e. The molecule has 0 saturated carbocycles. The number of hydrogen-bond acceptors (Lipinski definition) is 4. The number of piperidine rings is 1. The summed E-state index contributed by atoms with van der Waals surface area (Å²) < 4.78 is 12.0. The van der Waals surface area contributed by atoms with Crippen LogP contribution < -0.4 is 14.8 Å². The predicted octanol–water partition coefficient (Wildman–Crippen LogP) is 4.72. The standard InChI is InChI=1S/C25H28N2O3/c1-18(29-24-9-5-7-19-6-3-4-8-23(19)24)25(28)26-20-10-12-21(13-11-20)30-22-14-16-27(2)17-15-22/h3-13,18,22H,14-17H2,1-2H3,(H,26,28)/t18-/m1/s1. The van der Waals surface area contributed by atoms with Crippen molar-refractivity contribution in [2.24, 2.45) is 0 Å². The molecule has 5 heteroatoms. The van der Waals surface area contributed by atoms with E-state index < -0.39 is 6.10 Å². The second-order valence-corrected chi connectivity index (χ2v) is 7.87. The molecular formula is C25H28N2O3. The normalized spacial score (nSPS) is 16.2. The van der Waals surface area contributed by atoms with Crippen LogP contribution in [0.1, 0.15) is 19.8 Å². The van der Waals surface area contributed by atoms with Crippen molar-refractivity contribution in [3.8, 4) is 11.5 Å². The molecule has 5 nitrogen and oxygen atoms in total. The zero-order valence-corrected chi connectivity index (χ0v) is 17.5. The first kappa shape index (κ1) is 20.2. The van der Waals surface area contributed by atoms with Crippen LogP contribution in [0.25, 0.3) is 10.8 Å². The van der Waals surface area contributed by atoms with Crippen molar-refractivity contribution in [2.45, 2.75) is 32.0 Å². The number of nitrogens with one attached hydrogen (secondary N) is 1. The molecule has 0 spiro atoms. The third-order valence-electron chi connectivity index (χ3n) is 5.51. The fraction of sp³-hybridized carbons (Fsp3) is 0.320. The van der Waals surface area contributed by atoms with Gasteiger partial charge < -0.3 is 19.7 Å². The van der Waals surface area contributed by atoms with E-state index in [9.17, 15) is 4.79 Å². The molecule has 4 rings (SSSR count). The minimum absolute atomic E-state index is 0.188. The quantitative estimate of drug-likeness (QED) is 0.646. The molecule has 1 fully saturated rings. The molecule has 3 aromatic carbocycles. The summed E-state index contributed by atoms with van der Waals surface area (Å²) in [5.41, 5.74) is 0.726. The summed E-state index contributed by atoms with van der Waals surface area (Å²) in [6, 6.07) is 21.4. The van der Waals surface area contributed by atoms with E-state index in [-0.39, 0.29) is 12.0 Å². The Morgan fingerprint density at radius 2 is 1.70 bits per heavy atom. The first-order chi connectivity index (χ1) is 14.6. The van der Waals surface area contributed by atoms with Crippen molar-refractivity contribution in [3.05, 3.63) is 66.7 Å². The number of ether oxygens (including phenoxy) is 2. The third-order valence-corrected chi connectivity index (χ3v) is 5.51. The predicted molar refractivity (Wildman–Crippen MR) is 120 cm³/mol. The van der Waals surface area contributed by atoms with Gasteiger partial charge >= 0.3 is 0 Å². The van der Waals surface area contributed by atoms with Crippen LogP contribution in [0.5, 0.6) is 11.5 Å². The maximum absolute atomic E-state index is 12.6. The Hall–Kier alpha value is -3.05. The van der Waals surface area contributed by atoms with Gasteiger partial charge in [0, 0.05) is 24.2 Å². The summed E-state index contributed by atoms with van der Waals surface area (Å²) in [6.07, 6.45) is 1.72. The molecule has 0 bridgehead atoms. The highest BCUT2D eigenvalue weighted by Gasteiger charge is 2.19. The molecule has 0 radical (unpaired) electrons. The molecule has 1 aliphatic rings. The molecule has 1 saturated heterocycles. The Morgan fingerprint density at radius 3 is 2.47 bits per heavy atom. The number of carbonyl (C=O) groups excluding carboxylic acids is 1. The minimum atomic E-state index is -0.619. The number of benzene rings is 3. The van der Waals surface area contributed by atoms with Crippen LogP contribution in [0.2, 0.25) is 0 Å². The van der Waals surface area contributed by atoms with Crippen LogP contribution in [0.3, 0.4) is 0 Å². The van der Waals surface area contributed by atoms with Crippen molar-refractivity contribution in [1.82, 2.24) is 4.90 Å². The maximum atomic E-state index is 12.6. The summed E-state index contributed by atoms with van der Waals surface area (Å²) >= 11 is 0. The Morgan fingerprint density at radius 1 is 1.00 bits per heavy atom. The van der Waals surface area contributed by atoms with E-state index in [1.54, 1.807) is 6.92 Å². The van der Waals surface area contributed by atoms with Gasteiger partial charge in [0.05, 0.1) is 0 Å². The van der Waals surface area contributed by atoms with E-state index in [0.717, 1.165) is 48.1 Å². The number of nitrogens with zero attached hydrogens (tertiary/aromatic N) is 1. The van der Waals surface area contributed by atoms with E-state index in [2.05, 4.69) is 17.3 Å². The average molecular weight is 405 g/mol. The van der Waals surface area contributed by atoms with E-state index in [4.69, 9.17) is 9.47 Å². The number of fused-ring (bicyclic) bond motifs is 1. The van der Waals surface area contributed by atoms with Crippen LogP contribution in [0.4, 0.5) is 5.69 Å². The topological polar surface area (TPSA) is 50.8 Å². The van der Waals surface area contributed by atoms with Crippen LogP contribution in [0.15, 0.2) is 66.7 Å². The molecule has 1 heterocycles. The van der Waals surface area contributed by atoms with Gasteiger partial charge in [-0.1, -0.05) is 36.4 Å². The van der Waals surface area contributed by atoms with Crippen LogP contribution >= 0.6 is 0 Å². The van der Waals surface area contributed by atoms with Gasteiger partial charge in [-0.3, -0.25) is 4.79 Å². The van der Waals surface area contributed by atoms with Crippen molar-refractivity contribution in [1.29, 1.82) is 0 Å². The second kappa shape index (κ2) is 9.18. The second-order valence-electron chi connectivity index (χ2n) is 7.87. The van der Waals surface area contributed by atoms with Gasteiger partial charge in [0.25, 0.3) is 5.91 Å².